The lowest BCUT2D eigenvalue weighted by Crippen LogP contribution is -2.30. The third-order valence-electron chi connectivity index (χ3n) is 4.67. The van der Waals surface area contributed by atoms with Crippen molar-refractivity contribution in [3.63, 3.8) is 0 Å². The first-order valence-corrected chi connectivity index (χ1v) is 9.34. The van der Waals surface area contributed by atoms with E-state index in [1.807, 2.05) is 53.2 Å². The van der Waals surface area contributed by atoms with Crippen LogP contribution >= 0.6 is 11.6 Å². The van der Waals surface area contributed by atoms with Crippen LogP contribution < -0.4 is 10.1 Å². The average molecular weight is 408 g/mol. The van der Waals surface area contributed by atoms with Crippen LogP contribution in [0.15, 0.2) is 72.6 Å². The molecule has 4 rings (SSSR count). The second kappa shape index (κ2) is 7.85. The predicted molar refractivity (Wildman–Crippen MR) is 111 cm³/mol. The molecule has 1 N–H and O–H groups in total. The van der Waals surface area contributed by atoms with E-state index in [9.17, 15) is 9.59 Å². The lowest BCUT2D eigenvalue weighted by molar-refractivity contribution is -0.123. The Kier molecular flexibility index (Phi) is 5.10. The maximum absolute atomic E-state index is 12.8. The molecule has 1 aliphatic rings. The van der Waals surface area contributed by atoms with Gasteiger partial charge in [-0.1, -0.05) is 29.8 Å². The van der Waals surface area contributed by atoms with Crippen LogP contribution in [-0.2, 0) is 11.3 Å². The lowest BCUT2D eigenvalue weighted by Gasteiger charge is -2.12. The maximum Gasteiger partial charge on any atom is 0.329 e. The van der Waals surface area contributed by atoms with Crippen molar-refractivity contribution in [3.05, 3.63) is 88.8 Å². The standard InChI is InChI=1S/C22H18ClN3O3/c1-29-18-10-8-16(9-11-18)25-12-4-6-17(25)13-20-21(27)26(22(28)24-20)14-15-5-2-3-7-19(15)23/h2-13H,14H2,1H3,(H,24,28)/b20-13-. The molecule has 0 atom stereocenters. The molecular weight excluding hydrogens is 390 g/mol. The third kappa shape index (κ3) is 3.75. The largest absolute Gasteiger partial charge is 0.497 e. The summed E-state index contributed by atoms with van der Waals surface area (Å²) in [7, 11) is 1.61. The third-order valence-corrected chi connectivity index (χ3v) is 5.04. The van der Waals surface area contributed by atoms with E-state index in [2.05, 4.69) is 5.32 Å². The molecule has 0 aliphatic carbocycles. The minimum atomic E-state index is -0.469. The SMILES string of the molecule is COc1ccc(-n2cccc2/C=C2\NC(=O)N(Cc3ccccc3Cl)C2=O)cc1. The van der Waals surface area contributed by atoms with E-state index in [-0.39, 0.29) is 12.2 Å². The van der Waals surface area contributed by atoms with Gasteiger partial charge in [0.05, 0.1) is 13.7 Å². The van der Waals surface area contributed by atoms with Gasteiger partial charge < -0.3 is 14.6 Å². The van der Waals surface area contributed by atoms with Crippen LogP contribution in [0.25, 0.3) is 11.8 Å². The first-order chi connectivity index (χ1) is 14.1. The zero-order valence-electron chi connectivity index (χ0n) is 15.6. The molecule has 0 unspecified atom stereocenters. The molecule has 1 aromatic heterocycles. The highest BCUT2D eigenvalue weighted by atomic mass is 35.5. The van der Waals surface area contributed by atoms with Crippen molar-refractivity contribution in [1.82, 2.24) is 14.8 Å². The summed E-state index contributed by atoms with van der Waals surface area (Å²) >= 11 is 6.16. The highest BCUT2D eigenvalue weighted by molar-refractivity contribution is 6.31. The minimum absolute atomic E-state index is 0.112. The molecule has 7 heteroatoms. The summed E-state index contributed by atoms with van der Waals surface area (Å²) in [6.07, 6.45) is 3.55. The number of nitrogens with zero attached hydrogens (tertiary/aromatic N) is 2. The second-order valence-electron chi connectivity index (χ2n) is 6.47. The van der Waals surface area contributed by atoms with Crippen LogP contribution in [0.3, 0.4) is 0 Å². The number of ether oxygens (including phenoxy) is 1. The zero-order chi connectivity index (χ0) is 20.4. The van der Waals surface area contributed by atoms with E-state index in [1.165, 1.54) is 0 Å². The number of methoxy groups -OCH3 is 1. The Morgan fingerprint density at radius 2 is 1.79 bits per heavy atom. The van der Waals surface area contributed by atoms with E-state index in [1.54, 1.807) is 31.4 Å². The molecule has 0 saturated carbocycles. The number of carbonyl (C=O) groups excluding carboxylic acids is 2. The zero-order valence-corrected chi connectivity index (χ0v) is 16.4. The highest BCUT2D eigenvalue weighted by Crippen LogP contribution is 2.23. The Balaban J connectivity index is 1.60. The Bertz CT molecular complexity index is 1100. The Hall–Kier alpha value is -3.51. The fourth-order valence-corrected chi connectivity index (χ4v) is 3.35. The smallest absolute Gasteiger partial charge is 0.329 e. The number of halogens is 1. The van der Waals surface area contributed by atoms with Crippen molar-refractivity contribution in [3.8, 4) is 11.4 Å². The number of imide groups is 1. The molecule has 2 heterocycles. The van der Waals surface area contributed by atoms with Crippen LogP contribution in [0.1, 0.15) is 11.3 Å². The van der Waals surface area contributed by atoms with Gasteiger partial charge in [-0.15, -0.1) is 0 Å². The lowest BCUT2D eigenvalue weighted by atomic mass is 10.2. The Morgan fingerprint density at radius 1 is 1.03 bits per heavy atom. The summed E-state index contributed by atoms with van der Waals surface area (Å²) in [6, 6.07) is 18.0. The van der Waals surface area contributed by atoms with Crippen molar-refractivity contribution in [2.75, 3.05) is 7.11 Å². The fourth-order valence-electron chi connectivity index (χ4n) is 3.15. The molecule has 1 saturated heterocycles. The van der Waals surface area contributed by atoms with Gasteiger partial charge >= 0.3 is 6.03 Å². The molecule has 3 amide bonds. The molecule has 2 aromatic carbocycles. The van der Waals surface area contributed by atoms with Crippen molar-refractivity contribution in [2.45, 2.75) is 6.54 Å². The number of urea groups is 1. The monoisotopic (exact) mass is 407 g/mol. The van der Waals surface area contributed by atoms with E-state index in [4.69, 9.17) is 16.3 Å². The van der Waals surface area contributed by atoms with Crippen LogP contribution in [0, 0.1) is 0 Å². The Labute approximate surface area is 173 Å². The van der Waals surface area contributed by atoms with Gasteiger partial charge in [0.15, 0.2) is 0 Å². The number of aromatic nitrogens is 1. The molecule has 1 aliphatic heterocycles. The van der Waals surface area contributed by atoms with Crippen LogP contribution in [0.2, 0.25) is 5.02 Å². The average Bonchev–Trinajstić information content (AvgIpc) is 3.30. The van der Waals surface area contributed by atoms with Gasteiger partial charge in [0.25, 0.3) is 5.91 Å². The second-order valence-corrected chi connectivity index (χ2v) is 6.88. The Morgan fingerprint density at radius 3 is 2.52 bits per heavy atom. The molecule has 1 fully saturated rings. The van der Waals surface area contributed by atoms with Gasteiger partial charge in [-0.05, 0) is 54.1 Å². The number of benzene rings is 2. The topological polar surface area (TPSA) is 63.6 Å². The van der Waals surface area contributed by atoms with E-state index < -0.39 is 11.9 Å². The van der Waals surface area contributed by atoms with Crippen molar-refractivity contribution >= 4 is 29.6 Å². The van der Waals surface area contributed by atoms with E-state index in [0.717, 1.165) is 22.0 Å². The van der Waals surface area contributed by atoms with E-state index >= 15 is 0 Å². The first kappa shape index (κ1) is 18.8. The molecule has 29 heavy (non-hydrogen) atoms. The van der Waals surface area contributed by atoms with Crippen molar-refractivity contribution in [1.29, 1.82) is 0 Å². The van der Waals surface area contributed by atoms with Crippen LogP contribution in [-0.4, -0.2) is 28.5 Å². The fraction of sp³-hybridized carbons (Fsp3) is 0.0909. The number of hydrogen-bond donors (Lipinski definition) is 1. The summed E-state index contributed by atoms with van der Waals surface area (Å²) in [5, 5.41) is 3.16. The summed E-state index contributed by atoms with van der Waals surface area (Å²) in [5.74, 6) is 0.367. The number of nitrogens with one attached hydrogen (secondary N) is 1. The summed E-state index contributed by atoms with van der Waals surface area (Å²) in [5.41, 5.74) is 2.60. The minimum Gasteiger partial charge on any atom is -0.497 e. The van der Waals surface area contributed by atoms with Gasteiger partial charge in [0.1, 0.15) is 11.4 Å². The predicted octanol–water partition coefficient (Wildman–Crippen LogP) is 4.23. The van der Waals surface area contributed by atoms with Crippen LogP contribution in [0.5, 0.6) is 5.75 Å². The molecule has 6 nitrogen and oxygen atoms in total. The first-order valence-electron chi connectivity index (χ1n) is 8.96. The maximum atomic E-state index is 12.8. The van der Waals surface area contributed by atoms with Crippen molar-refractivity contribution < 1.29 is 14.3 Å². The number of rotatable bonds is 5. The summed E-state index contributed by atoms with van der Waals surface area (Å²) in [6.45, 7) is 0.112. The van der Waals surface area contributed by atoms with Gasteiger partial charge in [-0.25, -0.2) is 4.79 Å². The van der Waals surface area contributed by atoms with Gasteiger partial charge in [0, 0.05) is 22.6 Å². The van der Waals surface area contributed by atoms with E-state index in [0.29, 0.717) is 10.6 Å². The van der Waals surface area contributed by atoms with Gasteiger partial charge in [-0.3, -0.25) is 9.69 Å². The molecule has 3 aromatic rings. The number of carbonyl (C=O) groups is 2. The number of amides is 3. The van der Waals surface area contributed by atoms with Crippen molar-refractivity contribution in [2.24, 2.45) is 0 Å². The normalized spacial score (nSPS) is 15.1. The summed E-state index contributed by atoms with van der Waals surface area (Å²) in [4.78, 5) is 26.3. The molecular formula is C22H18ClN3O3. The molecule has 146 valence electrons. The molecule has 0 bridgehead atoms. The van der Waals surface area contributed by atoms with Crippen LogP contribution in [0.4, 0.5) is 4.79 Å². The summed E-state index contributed by atoms with van der Waals surface area (Å²) < 4.78 is 7.11. The highest BCUT2D eigenvalue weighted by Gasteiger charge is 2.34. The van der Waals surface area contributed by atoms with Gasteiger partial charge in [-0.2, -0.15) is 0 Å². The number of hydrogen-bond acceptors (Lipinski definition) is 3. The quantitative estimate of drug-likeness (QED) is 0.508. The molecule has 0 spiro atoms. The molecule has 0 radical (unpaired) electrons. The van der Waals surface area contributed by atoms with Gasteiger partial charge in [0.2, 0.25) is 0 Å².